The summed E-state index contributed by atoms with van der Waals surface area (Å²) >= 11 is 6.17. The van der Waals surface area contributed by atoms with Crippen LogP contribution in [0.25, 0.3) is 5.69 Å². The van der Waals surface area contributed by atoms with E-state index in [2.05, 4.69) is 5.10 Å². The number of hydrogen-bond acceptors (Lipinski definition) is 4. The minimum atomic E-state index is -1.07. The third-order valence-corrected chi connectivity index (χ3v) is 4.78. The molecule has 2 aromatic rings. The average Bonchev–Trinajstić information content (AvgIpc) is 2.88. The van der Waals surface area contributed by atoms with Crippen LogP contribution in [0.4, 0.5) is 0 Å². The Labute approximate surface area is 149 Å². The molecule has 3 rings (SSSR count). The number of carbonyl (C=O) groups is 2. The molecule has 1 amide bonds. The van der Waals surface area contributed by atoms with Crippen LogP contribution in [-0.4, -0.2) is 57.5 Å². The zero-order chi connectivity index (χ0) is 18.1. The van der Waals surface area contributed by atoms with Crippen LogP contribution >= 0.6 is 11.6 Å². The van der Waals surface area contributed by atoms with E-state index in [4.69, 9.17) is 16.3 Å². The van der Waals surface area contributed by atoms with Gasteiger partial charge in [-0.2, -0.15) is 5.10 Å². The first kappa shape index (κ1) is 17.4. The average molecular weight is 364 g/mol. The van der Waals surface area contributed by atoms with Crippen molar-refractivity contribution in [1.82, 2.24) is 14.7 Å². The second-order valence-corrected chi connectivity index (χ2v) is 6.25. The number of morpholine rings is 1. The Morgan fingerprint density at radius 2 is 1.96 bits per heavy atom. The molecule has 1 fully saturated rings. The maximum atomic E-state index is 12.7. The molecule has 1 atom stereocenters. The zero-order valence-corrected chi connectivity index (χ0v) is 14.7. The maximum Gasteiger partial charge on any atom is 0.328 e. The van der Waals surface area contributed by atoms with E-state index in [0.717, 1.165) is 17.1 Å². The van der Waals surface area contributed by atoms with E-state index in [-0.39, 0.29) is 19.1 Å². The smallest absolute Gasteiger partial charge is 0.328 e. The molecule has 0 radical (unpaired) electrons. The first-order chi connectivity index (χ1) is 11.9. The number of ether oxygens (including phenoxy) is 1. The summed E-state index contributed by atoms with van der Waals surface area (Å²) in [5, 5.41) is 14.2. The summed E-state index contributed by atoms with van der Waals surface area (Å²) < 4.78 is 6.87. The Hall–Kier alpha value is -2.38. The van der Waals surface area contributed by atoms with Gasteiger partial charge in [0.15, 0.2) is 6.04 Å². The number of carboxylic acids is 1. The van der Waals surface area contributed by atoms with Crippen molar-refractivity contribution in [1.29, 1.82) is 0 Å². The van der Waals surface area contributed by atoms with Gasteiger partial charge < -0.3 is 14.7 Å². The van der Waals surface area contributed by atoms with E-state index in [1.807, 2.05) is 13.8 Å². The van der Waals surface area contributed by atoms with Crippen molar-refractivity contribution in [2.45, 2.75) is 19.9 Å². The van der Waals surface area contributed by atoms with E-state index >= 15 is 0 Å². The summed E-state index contributed by atoms with van der Waals surface area (Å²) in [4.78, 5) is 25.3. The van der Waals surface area contributed by atoms with Crippen LogP contribution in [-0.2, 0) is 9.53 Å². The molecule has 0 aliphatic carbocycles. The summed E-state index contributed by atoms with van der Waals surface area (Å²) in [5.74, 6) is -1.39. The highest BCUT2D eigenvalue weighted by Crippen LogP contribution is 2.23. The minimum absolute atomic E-state index is 0.00339. The summed E-state index contributed by atoms with van der Waals surface area (Å²) in [5.41, 5.74) is 2.75. The lowest BCUT2D eigenvalue weighted by atomic mass is 10.1. The Kier molecular flexibility index (Phi) is 4.78. The highest BCUT2D eigenvalue weighted by atomic mass is 35.5. The van der Waals surface area contributed by atoms with Crippen molar-refractivity contribution in [3.8, 4) is 5.69 Å². The summed E-state index contributed by atoms with van der Waals surface area (Å²) in [6.07, 6.45) is 0. The topological polar surface area (TPSA) is 84.7 Å². The normalized spacial score (nSPS) is 17.6. The van der Waals surface area contributed by atoms with Gasteiger partial charge in [-0.1, -0.05) is 11.6 Å². The first-order valence-electron chi connectivity index (χ1n) is 7.84. The SMILES string of the molecule is Cc1nn(-c2ccc(C(=O)N3CCOC[C@H]3C(=O)O)cc2)c(C)c1Cl. The molecule has 1 aromatic carbocycles. The summed E-state index contributed by atoms with van der Waals surface area (Å²) in [6, 6.07) is 5.89. The second-order valence-electron chi connectivity index (χ2n) is 5.87. The zero-order valence-electron chi connectivity index (χ0n) is 13.9. The van der Waals surface area contributed by atoms with Gasteiger partial charge in [-0.05, 0) is 38.1 Å². The quantitative estimate of drug-likeness (QED) is 0.902. The molecule has 132 valence electrons. The van der Waals surface area contributed by atoms with Crippen LogP contribution < -0.4 is 0 Å². The van der Waals surface area contributed by atoms with Crippen molar-refractivity contribution in [3.05, 3.63) is 46.2 Å². The van der Waals surface area contributed by atoms with Gasteiger partial charge in [0.1, 0.15) is 0 Å². The van der Waals surface area contributed by atoms with Gasteiger partial charge in [-0.3, -0.25) is 4.79 Å². The van der Waals surface area contributed by atoms with E-state index in [1.165, 1.54) is 4.90 Å². The molecule has 0 spiro atoms. The number of carbonyl (C=O) groups excluding carboxylic acids is 1. The second kappa shape index (κ2) is 6.85. The van der Waals surface area contributed by atoms with Crippen LogP contribution in [0.15, 0.2) is 24.3 Å². The third-order valence-electron chi connectivity index (χ3n) is 4.24. The van der Waals surface area contributed by atoms with Gasteiger partial charge in [0.25, 0.3) is 5.91 Å². The standard InChI is InChI=1S/C17H18ClN3O4/c1-10-15(18)11(2)21(19-10)13-5-3-12(4-6-13)16(22)20-7-8-25-9-14(20)17(23)24/h3-6,14H,7-9H2,1-2H3,(H,23,24)/t14-/m0/s1. The fourth-order valence-electron chi connectivity index (χ4n) is 2.84. The third kappa shape index (κ3) is 3.25. The molecule has 0 bridgehead atoms. The molecule has 0 unspecified atom stereocenters. The molecular formula is C17H18ClN3O4. The maximum absolute atomic E-state index is 12.7. The number of benzene rings is 1. The summed E-state index contributed by atoms with van der Waals surface area (Å²) in [7, 11) is 0. The largest absolute Gasteiger partial charge is 0.480 e. The number of rotatable bonds is 3. The van der Waals surface area contributed by atoms with Crippen LogP contribution in [0.5, 0.6) is 0 Å². The number of halogens is 1. The molecule has 25 heavy (non-hydrogen) atoms. The van der Waals surface area contributed by atoms with E-state index in [1.54, 1.807) is 28.9 Å². The van der Waals surface area contributed by atoms with Gasteiger partial charge in [0.2, 0.25) is 0 Å². The van der Waals surface area contributed by atoms with Gasteiger partial charge in [0, 0.05) is 12.1 Å². The number of aryl methyl sites for hydroxylation is 1. The van der Waals surface area contributed by atoms with Gasteiger partial charge >= 0.3 is 5.97 Å². The Bertz CT molecular complexity index is 816. The highest BCUT2D eigenvalue weighted by Gasteiger charge is 2.33. The van der Waals surface area contributed by atoms with Crippen molar-refractivity contribution < 1.29 is 19.4 Å². The lowest BCUT2D eigenvalue weighted by molar-refractivity contribution is -0.147. The van der Waals surface area contributed by atoms with Gasteiger partial charge in [-0.15, -0.1) is 0 Å². The predicted octanol–water partition coefficient (Wildman–Crippen LogP) is 2.07. The molecule has 1 aromatic heterocycles. The van der Waals surface area contributed by atoms with Crippen LogP contribution in [0.1, 0.15) is 21.7 Å². The molecule has 1 aliphatic rings. The molecule has 1 N–H and O–H groups in total. The highest BCUT2D eigenvalue weighted by molar-refractivity contribution is 6.31. The fourth-order valence-corrected chi connectivity index (χ4v) is 2.96. The van der Waals surface area contributed by atoms with Crippen molar-refractivity contribution in [2.24, 2.45) is 0 Å². The van der Waals surface area contributed by atoms with Crippen molar-refractivity contribution >= 4 is 23.5 Å². The number of aliphatic carboxylic acids is 1. The minimum Gasteiger partial charge on any atom is -0.480 e. The molecule has 1 aliphatic heterocycles. The first-order valence-corrected chi connectivity index (χ1v) is 8.21. The van der Waals surface area contributed by atoms with Crippen molar-refractivity contribution in [2.75, 3.05) is 19.8 Å². The molecule has 7 nitrogen and oxygen atoms in total. The number of aromatic nitrogens is 2. The van der Waals surface area contributed by atoms with Crippen LogP contribution in [0.3, 0.4) is 0 Å². The predicted molar refractivity (Wildman–Crippen MR) is 91.3 cm³/mol. The number of hydrogen-bond donors (Lipinski definition) is 1. The molecule has 2 heterocycles. The van der Waals surface area contributed by atoms with Crippen molar-refractivity contribution in [3.63, 3.8) is 0 Å². The fraction of sp³-hybridized carbons (Fsp3) is 0.353. The molecule has 1 saturated heterocycles. The Morgan fingerprint density at radius 3 is 2.52 bits per heavy atom. The van der Waals surface area contributed by atoms with Gasteiger partial charge in [0.05, 0.1) is 35.3 Å². The monoisotopic (exact) mass is 363 g/mol. The van der Waals surface area contributed by atoms with Crippen LogP contribution in [0, 0.1) is 13.8 Å². The lowest BCUT2D eigenvalue weighted by Crippen LogP contribution is -2.52. The van der Waals surface area contributed by atoms with E-state index < -0.39 is 12.0 Å². The van der Waals surface area contributed by atoms with E-state index in [0.29, 0.717) is 17.2 Å². The Morgan fingerprint density at radius 1 is 1.28 bits per heavy atom. The molecule has 8 heteroatoms. The molecular weight excluding hydrogens is 346 g/mol. The molecule has 0 saturated carbocycles. The number of carboxylic acid groups (broad SMARTS) is 1. The summed E-state index contributed by atoms with van der Waals surface area (Å²) in [6.45, 7) is 4.28. The van der Waals surface area contributed by atoms with Crippen LogP contribution in [0.2, 0.25) is 5.02 Å². The van der Waals surface area contributed by atoms with Gasteiger partial charge in [-0.25, -0.2) is 9.48 Å². The number of amides is 1. The lowest BCUT2D eigenvalue weighted by Gasteiger charge is -2.32. The Balaban J connectivity index is 1.85. The number of nitrogens with zero attached hydrogens (tertiary/aromatic N) is 3. The van der Waals surface area contributed by atoms with E-state index in [9.17, 15) is 14.7 Å².